The number of fused-ring (bicyclic) bond motifs is 7. The highest BCUT2D eigenvalue weighted by Gasteiger charge is 2.70. The van der Waals surface area contributed by atoms with Crippen molar-refractivity contribution in [3.8, 4) is 0 Å². The molecule has 36 heavy (non-hydrogen) atoms. The second-order valence-electron chi connectivity index (χ2n) is 13.4. The monoisotopic (exact) mass is 500 g/mol. The highest BCUT2D eigenvalue weighted by atomic mass is 16.6. The molecule has 3 saturated heterocycles. The van der Waals surface area contributed by atoms with Gasteiger partial charge in [-0.25, -0.2) is 0 Å². The Kier molecular flexibility index (Phi) is 6.59. The van der Waals surface area contributed by atoms with E-state index in [9.17, 15) is 9.59 Å². The van der Waals surface area contributed by atoms with Gasteiger partial charge < -0.3 is 14.2 Å². The van der Waals surface area contributed by atoms with Crippen LogP contribution in [0, 0.1) is 40.9 Å². The van der Waals surface area contributed by atoms with E-state index in [-0.39, 0.29) is 64.9 Å². The number of ketones is 1. The molecule has 0 aromatic heterocycles. The zero-order valence-electron chi connectivity index (χ0n) is 23.0. The third-order valence-electron chi connectivity index (χ3n) is 12.1. The fraction of sp³-hybridized carbons (Fsp3) is 0.935. The van der Waals surface area contributed by atoms with Crippen LogP contribution < -0.4 is 0 Å². The van der Waals surface area contributed by atoms with Crippen LogP contribution in [0.2, 0.25) is 0 Å². The van der Waals surface area contributed by atoms with Crippen LogP contribution in [0.1, 0.15) is 111 Å². The Bertz CT molecular complexity index is 863. The van der Waals surface area contributed by atoms with Gasteiger partial charge in [0.25, 0.3) is 0 Å². The molecule has 5 heteroatoms. The normalized spacial score (nSPS) is 48.0. The zero-order chi connectivity index (χ0) is 25.2. The molecule has 0 radical (unpaired) electrons. The molecule has 11 unspecified atom stereocenters. The Hall–Kier alpha value is -0.940. The van der Waals surface area contributed by atoms with Gasteiger partial charge in [0.2, 0.25) is 0 Å². The molecule has 6 aliphatic rings. The van der Waals surface area contributed by atoms with E-state index in [0.29, 0.717) is 12.3 Å². The largest absolute Gasteiger partial charge is 0.459 e. The lowest BCUT2D eigenvalue weighted by atomic mass is 9.61. The van der Waals surface area contributed by atoms with Crippen molar-refractivity contribution in [2.45, 2.75) is 141 Å². The minimum atomic E-state index is -0.464. The third kappa shape index (κ3) is 3.68. The van der Waals surface area contributed by atoms with E-state index in [0.717, 1.165) is 57.3 Å². The smallest absolute Gasteiger partial charge is 0.312 e. The van der Waals surface area contributed by atoms with E-state index in [1.165, 1.54) is 25.7 Å². The van der Waals surface area contributed by atoms with Crippen LogP contribution in [0.3, 0.4) is 0 Å². The molecule has 3 heterocycles. The van der Waals surface area contributed by atoms with Crippen molar-refractivity contribution in [2.24, 2.45) is 40.9 Å². The fourth-order valence-electron chi connectivity index (χ4n) is 10.2. The van der Waals surface area contributed by atoms with Gasteiger partial charge in [0, 0.05) is 18.3 Å². The first-order chi connectivity index (χ1) is 17.4. The van der Waals surface area contributed by atoms with E-state index in [2.05, 4.69) is 27.7 Å². The van der Waals surface area contributed by atoms with Crippen LogP contribution in [0.25, 0.3) is 0 Å². The molecule has 0 aromatic carbocycles. The van der Waals surface area contributed by atoms with Crippen molar-refractivity contribution in [1.82, 2.24) is 0 Å². The highest BCUT2D eigenvalue weighted by molar-refractivity contribution is 5.89. The molecule has 6 fully saturated rings. The topological polar surface area (TPSA) is 61.8 Å². The maximum absolute atomic E-state index is 14.3. The van der Waals surface area contributed by atoms with Gasteiger partial charge in [-0.15, -0.1) is 0 Å². The lowest BCUT2D eigenvalue weighted by Gasteiger charge is -2.40. The first-order valence-corrected chi connectivity index (χ1v) is 15.5. The van der Waals surface area contributed by atoms with Crippen molar-refractivity contribution in [1.29, 1.82) is 0 Å². The molecule has 3 aliphatic carbocycles. The summed E-state index contributed by atoms with van der Waals surface area (Å²) in [5.74, 6) is 1.21. The SMILES string of the molecule is CCC1OC(CC)C2C3OC(C(C(=O)CC4(CC)CC5CCC4C5)C3C(=O)OC3(CC)CCCC3)C12. The molecule has 4 bridgehead atoms. The van der Waals surface area contributed by atoms with Gasteiger partial charge in [-0.3, -0.25) is 9.59 Å². The van der Waals surface area contributed by atoms with Gasteiger partial charge in [-0.1, -0.05) is 34.1 Å². The first-order valence-electron chi connectivity index (χ1n) is 15.5. The minimum Gasteiger partial charge on any atom is -0.459 e. The maximum atomic E-state index is 14.3. The van der Waals surface area contributed by atoms with E-state index < -0.39 is 5.92 Å². The second-order valence-corrected chi connectivity index (χ2v) is 13.4. The van der Waals surface area contributed by atoms with Crippen molar-refractivity contribution in [2.75, 3.05) is 0 Å². The molecule has 0 spiro atoms. The molecule has 3 aliphatic heterocycles. The van der Waals surface area contributed by atoms with E-state index in [1.54, 1.807) is 0 Å². The summed E-state index contributed by atoms with van der Waals surface area (Å²) in [6, 6.07) is 0. The van der Waals surface area contributed by atoms with Crippen LogP contribution in [-0.2, 0) is 23.8 Å². The van der Waals surface area contributed by atoms with Gasteiger partial charge >= 0.3 is 5.97 Å². The number of carbonyl (C=O) groups excluding carboxylic acids is 2. The standard InChI is InChI=1S/C31H48O5/c1-5-21-24-25(22(6-2)34-21)28-26(29(33)36-31(8-4)13-9-10-14-31)23(27(24)35-28)20(32)17-30(7-3)16-18-11-12-19(30)15-18/h18-19,21-28H,5-17H2,1-4H3. The summed E-state index contributed by atoms with van der Waals surface area (Å²) in [7, 11) is 0. The molecular weight excluding hydrogens is 452 g/mol. The number of rotatable bonds is 9. The summed E-state index contributed by atoms with van der Waals surface area (Å²) in [5, 5.41) is 0. The molecule has 202 valence electrons. The molecular formula is C31H48O5. The summed E-state index contributed by atoms with van der Waals surface area (Å²) in [6.45, 7) is 8.77. The minimum absolute atomic E-state index is 0.112. The maximum Gasteiger partial charge on any atom is 0.312 e. The Morgan fingerprint density at radius 1 is 0.861 bits per heavy atom. The van der Waals surface area contributed by atoms with Crippen LogP contribution in [0.15, 0.2) is 0 Å². The average Bonchev–Trinajstić information content (AvgIpc) is 3.70. The molecule has 0 aromatic rings. The zero-order valence-corrected chi connectivity index (χ0v) is 23.0. The number of ether oxygens (including phenoxy) is 3. The number of Topliss-reactive ketones (excluding diaryl/α,β-unsaturated/α-hetero) is 1. The highest BCUT2D eigenvalue weighted by Crippen LogP contribution is 2.62. The molecule has 11 atom stereocenters. The third-order valence-corrected chi connectivity index (χ3v) is 12.1. The number of hydrogen-bond donors (Lipinski definition) is 0. The van der Waals surface area contributed by atoms with Gasteiger partial charge in [0.1, 0.15) is 11.4 Å². The Morgan fingerprint density at radius 3 is 2.06 bits per heavy atom. The van der Waals surface area contributed by atoms with Gasteiger partial charge in [0.05, 0.1) is 36.3 Å². The van der Waals surface area contributed by atoms with Crippen molar-refractivity contribution in [3.05, 3.63) is 0 Å². The molecule has 6 rings (SSSR count). The van der Waals surface area contributed by atoms with Crippen LogP contribution >= 0.6 is 0 Å². The summed E-state index contributed by atoms with van der Waals surface area (Å²) in [6.07, 6.45) is 13.4. The predicted molar refractivity (Wildman–Crippen MR) is 137 cm³/mol. The fourth-order valence-corrected chi connectivity index (χ4v) is 10.2. The lowest BCUT2D eigenvalue weighted by molar-refractivity contribution is -0.171. The molecule has 0 N–H and O–H groups in total. The average molecular weight is 501 g/mol. The first kappa shape index (κ1) is 25.3. The van der Waals surface area contributed by atoms with Crippen molar-refractivity contribution >= 4 is 11.8 Å². The number of carbonyl (C=O) groups is 2. The van der Waals surface area contributed by atoms with E-state index in [1.807, 2.05) is 0 Å². The van der Waals surface area contributed by atoms with Gasteiger partial charge in [-0.05, 0) is 87.9 Å². The summed E-state index contributed by atoms with van der Waals surface area (Å²) in [4.78, 5) is 28.4. The van der Waals surface area contributed by atoms with Gasteiger partial charge in [0.15, 0.2) is 0 Å². The van der Waals surface area contributed by atoms with Crippen LogP contribution in [0.4, 0.5) is 0 Å². The number of esters is 1. The Labute approximate surface area is 217 Å². The second kappa shape index (κ2) is 9.36. The lowest BCUT2D eigenvalue weighted by Crippen LogP contribution is -2.51. The van der Waals surface area contributed by atoms with Gasteiger partial charge in [-0.2, -0.15) is 0 Å². The predicted octanol–water partition coefficient (Wildman–Crippen LogP) is 6.26. The van der Waals surface area contributed by atoms with Crippen molar-refractivity contribution in [3.63, 3.8) is 0 Å². The Balaban J connectivity index is 1.30. The summed E-state index contributed by atoms with van der Waals surface area (Å²) < 4.78 is 19.6. The van der Waals surface area contributed by atoms with E-state index in [4.69, 9.17) is 14.2 Å². The molecule has 3 saturated carbocycles. The van der Waals surface area contributed by atoms with Crippen LogP contribution in [0.5, 0.6) is 0 Å². The molecule has 5 nitrogen and oxygen atoms in total. The number of hydrogen-bond acceptors (Lipinski definition) is 5. The summed E-state index contributed by atoms with van der Waals surface area (Å²) >= 11 is 0. The van der Waals surface area contributed by atoms with E-state index >= 15 is 0 Å². The van der Waals surface area contributed by atoms with Crippen LogP contribution in [-0.4, -0.2) is 41.8 Å². The molecule has 0 amide bonds. The quantitative estimate of drug-likeness (QED) is 0.350. The Morgan fingerprint density at radius 2 is 1.53 bits per heavy atom. The summed E-state index contributed by atoms with van der Waals surface area (Å²) in [5.41, 5.74) is -0.211. The van der Waals surface area contributed by atoms with Crippen molar-refractivity contribution < 1.29 is 23.8 Å².